The van der Waals surface area contributed by atoms with E-state index >= 15 is 0 Å². The number of rotatable bonds is 8. The van der Waals surface area contributed by atoms with Crippen LogP contribution in [0.5, 0.6) is 5.75 Å². The summed E-state index contributed by atoms with van der Waals surface area (Å²) in [4.78, 5) is 11.5. The Morgan fingerprint density at radius 2 is 2.15 bits per heavy atom. The van der Waals surface area contributed by atoms with Gasteiger partial charge < -0.3 is 15.4 Å². The van der Waals surface area contributed by atoms with Gasteiger partial charge in [-0.3, -0.25) is 4.79 Å². The number of carbonyl (C=O) groups excluding carboxylic acids is 1. The predicted molar refractivity (Wildman–Crippen MR) is 77.2 cm³/mol. The van der Waals surface area contributed by atoms with E-state index < -0.39 is 5.82 Å². The summed E-state index contributed by atoms with van der Waals surface area (Å²) >= 11 is 0. The van der Waals surface area contributed by atoms with Gasteiger partial charge in [-0.2, -0.15) is 0 Å². The second-order valence-electron chi connectivity index (χ2n) is 4.92. The molecule has 2 N–H and O–H groups in total. The van der Waals surface area contributed by atoms with Crippen LogP contribution in [-0.2, 0) is 11.3 Å². The Morgan fingerprint density at radius 1 is 1.40 bits per heavy atom. The van der Waals surface area contributed by atoms with Gasteiger partial charge in [0.15, 0.2) is 18.2 Å². The van der Waals surface area contributed by atoms with E-state index in [-0.39, 0.29) is 24.3 Å². The van der Waals surface area contributed by atoms with Crippen molar-refractivity contribution in [3.8, 4) is 5.75 Å². The summed E-state index contributed by atoms with van der Waals surface area (Å²) in [5.41, 5.74) is 0.718. The number of para-hydroxylation sites is 1. The number of amides is 1. The third kappa shape index (κ3) is 5.57. The van der Waals surface area contributed by atoms with Crippen LogP contribution in [0.2, 0.25) is 0 Å². The number of ether oxygens (including phenoxy) is 1. The zero-order valence-electron chi connectivity index (χ0n) is 12.3. The van der Waals surface area contributed by atoms with Crippen molar-refractivity contribution in [2.24, 2.45) is 0 Å². The fourth-order valence-corrected chi connectivity index (χ4v) is 1.76. The van der Waals surface area contributed by atoms with E-state index in [1.54, 1.807) is 12.1 Å². The summed E-state index contributed by atoms with van der Waals surface area (Å²) in [5, 5.41) is 5.89. The lowest BCUT2D eigenvalue weighted by atomic mass is 10.2. The zero-order valence-corrected chi connectivity index (χ0v) is 12.3. The molecule has 0 bridgehead atoms. The molecular weight excluding hydrogens is 259 g/mol. The summed E-state index contributed by atoms with van der Waals surface area (Å²) < 4.78 is 19.1. The number of benzene rings is 1. The Bertz CT molecular complexity index is 436. The van der Waals surface area contributed by atoms with E-state index in [0.29, 0.717) is 6.54 Å². The molecule has 0 saturated carbocycles. The highest BCUT2D eigenvalue weighted by Gasteiger charge is 2.12. The lowest BCUT2D eigenvalue weighted by Crippen LogP contribution is -2.34. The van der Waals surface area contributed by atoms with E-state index in [1.807, 2.05) is 13.8 Å². The summed E-state index contributed by atoms with van der Waals surface area (Å²) in [7, 11) is 0. The average Bonchev–Trinajstić information content (AvgIpc) is 2.37. The number of halogens is 1. The van der Waals surface area contributed by atoms with Crippen molar-refractivity contribution in [2.75, 3.05) is 13.2 Å². The molecule has 112 valence electrons. The lowest BCUT2D eigenvalue weighted by molar-refractivity contribution is -0.123. The molecule has 0 spiro atoms. The fourth-order valence-electron chi connectivity index (χ4n) is 1.76. The van der Waals surface area contributed by atoms with Crippen molar-refractivity contribution < 1.29 is 13.9 Å². The van der Waals surface area contributed by atoms with E-state index in [9.17, 15) is 9.18 Å². The summed E-state index contributed by atoms with van der Waals surface area (Å²) in [5.74, 6) is -0.552. The molecule has 0 unspecified atom stereocenters. The van der Waals surface area contributed by atoms with E-state index in [1.165, 1.54) is 6.07 Å². The molecule has 1 rings (SSSR count). The number of nitrogens with one attached hydrogen (secondary N) is 2. The van der Waals surface area contributed by atoms with Crippen LogP contribution in [0.3, 0.4) is 0 Å². The van der Waals surface area contributed by atoms with Crippen molar-refractivity contribution in [2.45, 2.75) is 39.8 Å². The highest BCUT2D eigenvalue weighted by atomic mass is 19.1. The van der Waals surface area contributed by atoms with Gasteiger partial charge in [0, 0.05) is 18.2 Å². The SMILES string of the molecule is CCCNCc1cccc(F)c1OCC(=O)NC(C)C. The van der Waals surface area contributed by atoms with Crippen molar-refractivity contribution in [1.29, 1.82) is 0 Å². The second kappa shape index (κ2) is 8.53. The Morgan fingerprint density at radius 3 is 2.80 bits per heavy atom. The first-order chi connectivity index (χ1) is 9.54. The molecule has 0 atom stereocenters. The van der Waals surface area contributed by atoms with Crippen molar-refractivity contribution >= 4 is 5.91 Å². The summed E-state index contributed by atoms with van der Waals surface area (Å²) in [6.07, 6.45) is 1.00. The molecule has 0 aromatic heterocycles. The predicted octanol–water partition coefficient (Wildman–Crippen LogP) is 2.23. The van der Waals surface area contributed by atoms with Crippen LogP contribution < -0.4 is 15.4 Å². The van der Waals surface area contributed by atoms with Crippen LogP contribution >= 0.6 is 0 Å². The first kappa shape index (κ1) is 16.4. The normalized spacial score (nSPS) is 10.7. The molecule has 1 amide bonds. The molecule has 1 aromatic rings. The maximum atomic E-state index is 13.8. The first-order valence-corrected chi connectivity index (χ1v) is 6.94. The van der Waals surface area contributed by atoms with Crippen LogP contribution in [0.25, 0.3) is 0 Å². The minimum Gasteiger partial charge on any atom is -0.480 e. The van der Waals surface area contributed by atoms with Gasteiger partial charge in [0.05, 0.1) is 0 Å². The van der Waals surface area contributed by atoms with Gasteiger partial charge in [0.25, 0.3) is 5.91 Å². The van der Waals surface area contributed by atoms with Gasteiger partial charge in [-0.15, -0.1) is 0 Å². The zero-order chi connectivity index (χ0) is 15.0. The van der Waals surface area contributed by atoms with Gasteiger partial charge in [-0.25, -0.2) is 4.39 Å². The monoisotopic (exact) mass is 282 g/mol. The average molecular weight is 282 g/mol. The molecule has 0 radical (unpaired) electrons. The smallest absolute Gasteiger partial charge is 0.258 e. The first-order valence-electron chi connectivity index (χ1n) is 6.94. The Hall–Kier alpha value is -1.62. The van der Waals surface area contributed by atoms with Crippen LogP contribution in [-0.4, -0.2) is 25.1 Å². The van der Waals surface area contributed by atoms with Crippen molar-refractivity contribution in [1.82, 2.24) is 10.6 Å². The molecule has 1 aromatic carbocycles. The third-order valence-electron chi connectivity index (χ3n) is 2.59. The molecule has 5 heteroatoms. The van der Waals surface area contributed by atoms with E-state index in [4.69, 9.17) is 4.74 Å². The topological polar surface area (TPSA) is 50.4 Å². The van der Waals surface area contributed by atoms with Crippen molar-refractivity contribution in [3.63, 3.8) is 0 Å². The molecule has 0 heterocycles. The summed E-state index contributed by atoms with van der Waals surface area (Å²) in [6.45, 7) is 6.98. The standard InChI is InChI=1S/C15H23FN2O2/c1-4-8-17-9-12-6-5-7-13(16)15(12)20-10-14(19)18-11(2)3/h5-7,11,17H,4,8-10H2,1-3H3,(H,18,19). The Balaban J connectivity index is 2.65. The molecule has 0 aliphatic heterocycles. The Kier molecular flexibility index (Phi) is 7.01. The van der Waals surface area contributed by atoms with Gasteiger partial charge in [-0.1, -0.05) is 19.1 Å². The van der Waals surface area contributed by atoms with E-state index in [2.05, 4.69) is 17.6 Å². The lowest BCUT2D eigenvalue weighted by Gasteiger charge is -2.14. The van der Waals surface area contributed by atoms with Crippen LogP contribution in [0.4, 0.5) is 4.39 Å². The van der Waals surface area contributed by atoms with Gasteiger partial charge in [0.2, 0.25) is 0 Å². The minimum atomic E-state index is -0.446. The molecule has 20 heavy (non-hydrogen) atoms. The van der Waals surface area contributed by atoms with Gasteiger partial charge in [-0.05, 0) is 32.9 Å². The highest BCUT2D eigenvalue weighted by molar-refractivity contribution is 5.77. The highest BCUT2D eigenvalue weighted by Crippen LogP contribution is 2.22. The van der Waals surface area contributed by atoms with Crippen LogP contribution in [0.15, 0.2) is 18.2 Å². The molecule has 0 aliphatic rings. The second-order valence-corrected chi connectivity index (χ2v) is 4.92. The maximum absolute atomic E-state index is 13.8. The molecule has 0 fully saturated rings. The molecule has 0 aliphatic carbocycles. The minimum absolute atomic E-state index is 0.0393. The Labute approximate surface area is 119 Å². The maximum Gasteiger partial charge on any atom is 0.258 e. The molecule has 0 saturated heterocycles. The van der Waals surface area contributed by atoms with Crippen LogP contribution in [0.1, 0.15) is 32.8 Å². The summed E-state index contributed by atoms with van der Waals surface area (Å²) in [6, 6.07) is 4.80. The molecule has 4 nitrogen and oxygen atoms in total. The van der Waals surface area contributed by atoms with Gasteiger partial charge >= 0.3 is 0 Å². The van der Waals surface area contributed by atoms with Crippen molar-refractivity contribution in [3.05, 3.63) is 29.6 Å². The molecular formula is C15H23FN2O2. The third-order valence-corrected chi connectivity index (χ3v) is 2.59. The van der Waals surface area contributed by atoms with Crippen LogP contribution in [0, 0.1) is 5.82 Å². The number of hydrogen-bond donors (Lipinski definition) is 2. The quantitative estimate of drug-likeness (QED) is 0.719. The van der Waals surface area contributed by atoms with E-state index in [0.717, 1.165) is 18.5 Å². The number of hydrogen-bond acceptors (Lipinski definition) is 3. The van der Waals surface area contributed by atoms with Gasteiger partial charge in [0.1, 0.15) is 0 Å². The number of carbonyl (C=O) groups is 1. The largest absolute Gasteiger partial charge is 0.480 e. The fraction of sp³-hybridized carbons (Fsp3) is 0.533.